The van der Waals surface area contributed by atoms with Gasteiger partial charge in [-0.05, 0) is 48.8 Å². The molecule has 33 heavy (non-hydrogen) atoms. The molecule has 1 aliphatic rings. The summed E-state index contributed by atoms with van der Waals surface area (Å²) in [5.74, 6) is -1.37. The van der Waals surface area contributed by atoms with E-state index in [0.717, 1.165) is 25.1 Å². The molecule has 1 amide bonds. The first-order valence-electron chi connectivity index (χ1n) is 12.1. The van der Waals surface area contributed by atoms with Gasteiger partial charge in [0.1, 0.15) is 0 Å². The third-order valence-electron chi connectivity index (χ3n) is 6.83. The number of carbonyl (C=O) groups excluding carboxylic acids is 2. The highest BCUT2D eigenvalue weighted by Gasteiger charge is 2.38. The fraction of sp³-hybridized carbons (Fsp3) is 0.500. The molecule has 0 unspecified atom stereocenters. The van der Waals surface area contributed by atoms with Gasteiger partial charge in [-0.15, -0.1) is 0 Å². The van der Waals surface area contributed by atoms with Crippen molar-refractivity contribution in [1.29, 1.82) is 0 Å². The van der Waals surface area contributed by atoms with Crippen LogP contribution in [0.5, 0.6) is 0 Å². The van der Waals surface area contributed by atoms with E-state index in [1.54, 1.807) is 0 Å². The number of aryl methyl sites for hydroxylation is 1. The van der Waals surface area contributed by atoms with Crippen molar-refractivity contribution >= 4 is 11.9 Å². The number of amides is 1. The van der Waals surface area contributed by atoms with E-state index < -0.39 is 12.5 Å². The molecule has 3 atom stereocenters. The number of hydrogen-bond acceptors (Lipinski definition) is 4. The van der Waals surface area contributed by atoms with Gasteiger partial charge in [-0.1, -0.05) is 87.9 Å². The van der Waals surface area contributed by atoms with Crippen LogP contribution in [0.25, 0.3) is 0 Å². The Labute approximate surface area is 199 Å². The Morgan fingerprint density at radius 1 is 1.15 bits per heavy atom. The summed E-state index contributed by atoms with van der Waals surface area (Å²) in [6.07, 6.45) is 1.61. The molecule has 1 aliphatic heterocycles. The molecule has 1 N–H and O–H groups in total. The molecule has 0 spiro atoms. The zero-order chi connectivity index (χ0) is 24.4. The van der Waals surface area contributed by atoms with Crippen molar-refractivity contribution in [2.45, 2.75) is 52.9 Å². The second-order valence-corrected chi connectivity index (χ2v) is 9.17. The average Bonchev–Trinajstić information content (AvgIpc) is 2.81. The smallest absolute Gasteiger partial charge is 0.225 e. The Morgan fingerprint density at radius 3 is 2.45 bits per heavy atom. The van der Waals surface area contributed by atoms with Crippen LogP contribution >= 0.6 is 0 Å². The molecule has 1 saturated heterocycles. The molecular formula is C28H39N2O3-. The summed E-state index contributed by atoms with van der Waals surface area (Å²) in [6.45, 7) is 12.7. The SMILES string of the molecule is CC.Cc1cccc([C@]2(C)CCN(C[C@H](Cc3ccccc3)C(=O)NCC(=O)[O-])C[C@@H]2C)c1. The van der Waals surface area contributed by atoms with Crippen molar-refractivity contribution in [2.75, 3.05) is 26.2 Å². The van der Waals surface area contributed by atoms with Gasteiger partial charge in [-0.3, -0.25) is 4.79 Å². The highest BCUT2D eigenvalue weighted by atomic mass is 16.4. The molecule has 5 nitrogen and oxygen atoms in total. The number of aliphatic carboxylic acids is 1. The predicted octanol–water partition coefficient (Wildman–Crippen LogP) is 3.35. The molecule has 3 rings (SSSR count). The summed E-state index contributed by atoms with van der Waals surface area (Å²) in [4.78, 5) is 25.9. The van der Waals surface area contributed by atoms with Gasteiger partial charge in [0.25, 0.3) is 0 Å². The van der Waals surface area contributed by atoms with Crippen LogP contribution in [0.3, 0.4) is 0 Å². The van der Waals surface area contributed by atoms with Crippen LogP contribution in [-0.4, -0.2) is 43.0 Å². The first-order valence-corrected chi connectivity index (χ1v) is 12.1. The Hall–Kier alpha value is -2.66. The lowest BCUT2D eigenvalue weighted by Crippen LogP contribution is -2.50. The van der Waals surface area contributed by atoms with E-state index >= 15 is 0 Å². The number of carboxylic acids is 1. The van der Waals surface area contributed by atoms with Crippen LogP contribution in [0.4, 0.5) is 0 Å². The summed E-state index contributed by atoms with van der Waals surface area (Å²) in [7, 11) is 0. The van der Waals surface area contributed by atoms with Crippen molar-refractivity contribution in [3.05, 3.63) is 71.3 Å². The monoisotopic (exact) mass is 451 g/mol. The van der Waals surface area contributed by atoms with Crippen molar-refractivity contribution < 1.29 is 14.7 Å². The van der Waals surface area contributed by atoms with Gasteiger partial charge in [-0.25, -0.2) is 0 Å². The molecule has 5 heteroatoms. The van der Waals surface area contributed by atoms with E-state index in [1.165, 1.54) is 11.1 Å². The van der Waals surface area contributed by atoms with Gasteiger partial charge in [0.2, 0.25) is 5.91 Å². The summed E-state index contributed by atoms with van der Waals surface area (Å²) >= 11 is 0. The Balaban J connectivity index is 0.00000187. The Morgan fingerprint density at radius 2 is 1.85 bits per heavy atom. The van der Waals surface area contributed by atoms with Crippen molar-refractivity contribution in [2.24, 2.45) is 11.8 Å². The molecule has 1 fully saturated rings. The first kappa shape index (κ1) is 26.6. The highest BCUT2D eigenvalue weighted by Crippen LogP contribution is 2.39. The molecule has 2 aromatic carbocycles. The van der Waals surface area contributed by atoms with Crippen molar-refractivity contribution in [3.63, 3.8) is 0 Å². The number of hydrogen-bond donors (Lipinski definition) is 1. The number of nitrogens with zero attached hydrogens (tertiary/aromatic N) is 1. The average molecular weight is 452 g/mol. The standard InChI is InChI=1S/C26H34N2O3.C2H6/c1-19-8-7-11-23(14-19)26(3)12-13-28(17-20(26)2)18-22(25(31)27-16-24(29)30)15-21-9-5-4-6-10-21;1-2/h4-11,14,20,22H,12-13,15-18H2,1-3H3,(H,27,31)(H,29,30);1-2H3/p-1/t20-,22-,26+;/m0./s1. The van der Waals surface area contributed by atoms with E-state index in [2.05, 4.69) is 55.3 Å². The maximum absolute atomic E-state index is 12.8. The number of likely N-dealkylation sites (tertiary alicyclic amines) is 1. The Kier molecular flexibility index (Phi) is 10.1. The van der Waals surface area contributed by atoms with Crippen LogP contribution < -0.4 is 10.4 Å². The number of carbonyl (C=O) groups is 2. The fourth-order valence-electron chi connectivity index (χ4n) is 4.67. The third-order valence-corrected chi connectivity index (χ3v) is 6.83. The molecule has 0 aliphatic carbocycles. The first-order chi connectivity index (χ1) is 15.8. The van der Waals surface area contributed by atoms with Crippen molar-refractivity contribution in [1.82, 2.24) is 10.2 Å². The molecule has 0 aromatic heterocycles. The van der Waals surface area contributed by atoms with E-state index in [4.69, 9.17) is 0 Å². The Bertz CT molecular complexity index is 899. The minimum Gasteiger partial charge on any atom is -0.548 e. The summed E-state index contributed by atoms with van der Waals surface area (Å²) < 4.78 is 0. The summed E-state index contributed by atoms with van der Waals surface area (Å²) in [6, 6.07) is 18.7. The van der Waals surface area contributed by atoms with E-state index in [9.17, 15) is 14.7 Å². The molecule has 2 aromatic rings. The minimum absolute atomic E-state index is 0.106. The van der Waals surface area contributed by atoms with Gasteiger partial charge in [0.05, 0.1) is 18.4 Å². The normalized spacial score (nSPS) is 21.4. The highest BCUT2D eigenvalue weighted by molar-refractivity contribution is 5.82. The van der Waals surface area contributed by atoms with E-state index in [1.807, 2.05) is 44.2 Å². The van der Waals surface area contributed by atoms with Gasteiger partial charge in [0.15, 0.2) is 0 Å². The molecule has 0 bridgehead atoms. The van der Waals surface area contributed by atoms with Crippen LogP contribution in [0.2, 0.25) is 0 Å². The van der Waals surface area contributed by atoms with Crippen LogP contribution in [0, 0.1) is 18.8 Å². The van der Waals surface area contributed by atoms with E-state index in [0.29, 0.717) is 18.9 Å². The van der Waals surface area contributed by atoms with Crippen LogP contribution in [0.15, 0.2) is 54.6 Å². The van der Waals surface area contributed by atoms with Gasteiger partial charge in [0, 0.05) is 13.1 Å². The molecule has 0 radical (unpaired) electrons. The molecular weight excluding hydrogens is 412 g/mol. The number of nitrogens with one attached hydrogen (secondary N) is 1. The van der Waals surface area contributed by atoms with Gasteiger partial charge in [-0.2, -0.15) is 0 Å². The summed E-state index contributed by atoms with van der Waals surface area (Å²) in [5.41, 5.74) is 3.84. The second kappa shape index (κ2) is 12.5. The molecule has 1 heterocycles. The zero-order valence-corrected chi connectivity index (χ0v) is 20.8. The largest absolute Gasteiger partial charge is 0.548 e. The lowest BCUT2D eigenvalue weighted by atomic mass is 9.67. The fourth-order valence-corrected chi connectivity index (χ4v) is 4.67. The van der Waals surface area contributed by atoms with Gasteiger partial charge >= 0.3 is 0 Å². The third kappa shape index (κ3) is 7.43. The lowest BCUT2D eigenvalue weighted by molar-refractivity contribution is -0.304. The summed E-state index contributed by atoms with van der Waals surface area (Å²) in [5, 5.41) is 13.3. The minimum atomic E-state index is -1.27. The second-order valence-electron chi connectivity index (χ2n) is 9.17. The maximum Gasteiger partial charge on any atom is 0.225 e. The van der Waals surface area contributed by atoms with Crippen molar-refractivity contribution in [3.8, 4) is 0 Å². The van der Waals surface area contributed by atoms with Gasteiger partial charge < -0.3 is 20.1 Å². The van der Waals surface area contributed by atoms with Crippen LogP contribution in [-0.2, 0) is 21.4 Å². The predicted molar refractivity (Wildman–Crippen MR) is 132 cm³/mol. The number of benzene rings is 2. The van der Waals surface area contributed by atoms with E-state index in [-0.39, 0.29) is 17.2 Å². The topological polar surface area (TPSA) is 72.5 Å². The number of piperidine rings is 1. The zero-order valence-electron chi connectivity index (χ0n) is 20.8. The van der Waals surface area contributed by atoms with Crippen LogP contribution in [0.1, 0.15) is 50.8 Å². The number of carboxylic acid groups (broad SMARTS) is 1. The maximum atomic E-state index is 12.8. The lowest BCUT2D eigenvalue weighted by Gasteiger charge is -2.46. The molecule has 180 valence electrons. The quantitative estimate of drug-likeness (QED) is 0.668. The number of rotatable bonds is 8. The molecule has 0 saturated carbocycles.